The van der Waals surface area contributed by atoms with Gasteiger partial charge in [-0.05, 0) is 34.1 Å². The van der Waals surface area contributed by atoms with Crippen molar-refractivity contribution >= 4 is 6.47 Å². The number of nitrogens with zero attached hydrogens (tertiary/aromatic N) is 1. The molecular weight excluding hydrogens is 194 g/mol. The van der Waals surface area contributed by atoms with Crippen LogP contribution in [0.3, 0.4) is 0 Å². The Morgan fingerprint density at radius 3 is 2.13 bits per heavy atom. The van der Waals surface area contributed by atoms with Crippen LogP contribution in [-0.2, 0) is 9.53 Å². The van der Waals surface area contributed by atoms with Crippen LogP contribution in [0, 0.1) is 0 Å². The third kappa shape index (κ3) is 7.33. The van der Waals surface area contributed by atoms with Crippen molar-refractivity contribution in [2.24, 2.45) is 0 Å². The molecule has 0 spiro atoms. The van der Waals surface area contributed by atoms with E-state index in [1.807, 2.05) is 0 Å². The molecule has 15 heavy (non-hydrogen) atoms. The zero-order valence-electron chi connectivity index (χ0n) is 10.1. The number of aliphatic hydroxyl groups excluding tert-OH is 1. The van der Waals surface area contributed by atoms with Gasteiger partial charge in [0.1, 0.15) is 0 Å². The number of likely N-dealkylation sites (tertiary alicyclic amines) is 1. The molecule has 0 aromatic heterocycles. The van der Waals surface area contributed by atoms with Gasteiger partial charge in [-0.3, -0.25) is 9.69 Å². The molecule has 1 N–H and O–H groups in total. The molecule has 90 valence electrons. The van der Waals surface area contributed by atoms with Crippen molar-refractivity contribution in [1.82, 2.24) is 4.90 Å². The molecular formula is C11H23NO3. The van der Waals surface area contributed by atoms with Gasteiger partial charge < -0.3 is 9.84 Å². The minimum absolute atomic E-state index is 0.0301. The lowest BCUT2D eigenvalue weighted by Crippen LogP contribution is -2.28. The standard InChI is InChI=1S/C7H15NO.C4H8O2/c1-6(2)8-4-3-7(9)5-8;1-4(2)6-3-5/h6-7,9H,3-5H2,1-2H3;3-4H,1-2H3. The van der Waals surface area contributed by atoms with Gasteiger partial charge in [0.15, 0.2) is 0 Å². The lowest BCUT2D eigenvalue weighted by atomic mass is 10.3. The van der Waals surface area contributed by atoms with E-state index in [0.717, 1.165) is 19.5 Å². The summed E-state index contributed by atoms with van der Waals surface area (Å²) in [6.07, 6.45) is 0.924. The SMILES string of the molecule is CC(C)N1CCC(O)C1.CC(C)OC=O. The first-order valence-electron chi connectivity index (χ1n) is 5.48. The van der Waals surface area contributed by atoms with Crippen LogP contribution in [0.1, 0.15) is 34.1 Å². The number of hydrogen-bond donors (Lipinski definition) is 1. The fourth-order valence-electron chi connectivity index (χ4n) is 1.35. The second-order valence-corrected chi connectivity index (χ2v) is 4.31. The zero-order valence-corrected chi connectivity index (χ0v) is 10.1. The van der Waals surface area contributed by atoms with E-state index in [9.17, 15) is 4.79 Å². The van der Waals surface area contributed by atoms with E-state index in [-0.39, 0.29) is 12.2 Å². The Hall–Kier alpha value is -0.610. The fourth-order valence-corrected chi connectivity index (χ4v) is 1.35. The summed E-state index contributed by atoms with van der Waals surface area (Å²) in [7, 11) is 0. The maximum atomic E-state index is 9.39. The molecule has 4 nitrogen and oxygen atoms in total. The minimum Gasteiger partial charge on any atom is -0.465 e. The van der Waals surface area contributed by atoms with Crippen LogP contribution in [0.5, 0.6) is 0 Å². The van der Waals surface area contributed by atoms with Gasteiger partial charge in [0.05, 0.1) is 12.2 Å². The highest BCUT2D eigenvalue weighted by Crippen LogP contribution is 2.11. The van der Waals surface area contributed by atoms with E-state index in [2.05, 4.69) is 23.5 Å². The van der Waals surface area contributed by atoms with Crippen LogP contribution < -0.4 is 0 Å². The Bertz CT molecular complexity index is 171. The van der Waals surface area contributed by atoms with Crippen molar-refractivity contribution in [2.75, 3.05) is 13.1 Å². The van der Waals surface area contributed by atoms with E-state index < -0.39 is 0 Å². The molecule has 0 aliphatic carbocycles. The van der Waals surface area contributed by atoms with Crippen molar-refractivity contribution in [2.45, 2.75) is 52.4 Å². The summed E-state index contributed by atoms with van der Waals surface area (Å²) < 4.78 is 4.36. The van der Waals surface area contributed by atoms with Gasteiger partial charge in [-0.2, -0.15) is 0 Å². The molecule has 0 aromatic carbocycles. The highest BCUT2D eigenvalue weighted by molar-refractivity contribution is 5.37. The van der Waals surface area contributed by atoms with Crippen LogP contribution in [-0.4, -0.2) is 47.8 Å². The van der Waals surface area contributed by atoms with E-state index >= 15 is 0 Å². The van der Waals surface area contributed by atoms with Gasteiger partial charge in [-0.15, -0.1) is 0 Å². The number of hydrogen-bond acceptors (Lipinski definition) is 4. The Balaban J connectivity index is 0.000000288. The summed E-state index contributed by atoms with van der Waals surface area (Å²) in [5, 5.41) is 9.11. The molecule has 1 unspecified atom stereocenters. The first kappa shape index (κ1) is 14.4. The average Bonchev–Trinajstić information content (AvgIpc) is 2.52. The predicted molar refractivity (Wildman–Crippen MR) is 59.6 cm³/mol. The van der Waals surface area contributed by atoms with Crippen LogP contribution in [0.2, 0.25) is 0 Å². The quantitative estimate of drug-likeness (QED) is 0.717. The molecule has 1 fully saturated rings. The average molecular weight is 217 g/mol. The summed E-state index contributed by atoms with van der Waals surface area (Å²) in [6, 6.07) is 0.599. The molecule has 4 heteroatoms. The Morgan fingerprint density at radius 1 is 1.40 bits per heavy atom. The third-order valence-electron chi connectivity index (χ3n) is 2.25. The first-order chi connectivity index (χ1) is 6.97. The Morgan fingerprint density at radius 2 is 2.00 bits per heavy atom. The van der Waals surface area contributed by atoms with Crippen LogP contribution in [0.4, 0.5) is 0 Å². The lowest BCUT2D eigenvalue weighted by Gasteiger charge is -2.18. The van der Waals surface area contributed by atoms with Gasteiger partial charge in [0.2, 0.25) is 0 Å². The summed E-state index contributed by atoms with van der Waals surface area (Å²) in [5.74, 6) is 0. The molecule has 0 aromatic rings. The van der Waals surface area contributed by atoms with E-state index in [1.54, 1.807) is 13.8 Å². The van der Waals surface area contributed by atoms with Gasteiger partial charge in [-0.1, -0.05) is 0 Å². The third-order valence-corrected chi connectivity index (χ3v) is 2.25. The molecule has 1 aliphatic heterocycles. The van der Waals surface area contributed by atoms with Gasteiger partial charge in [-0.25, -0.2) is 0 Å². The molecule has 1 saturated heterocycles. The molecule has 0 amide bonds. The second kappa shape index (κ2) is 7.65. The highest BCUT2D eigenvalue weighted by Gasteiger charge is 2.21. The van der Waals surface area contributed by atoms with Gasteiger partial charge >= 0.3 is 0 Å². The molecule has 0 bridgehead atoms. The van der Waals surface area contributed by atoms with Gasteiger partial charge in [0, 0.05) is 19.1 Å². The summed E-state index contributed by atoms with van der Waals surface area (Å²) in [6.45, 7) is 10.3. The summed E-state index contributed by atoms with van der Waals surface area (Å²) in [4.78, 5) is 11.7. The fraction of sp³-hybridized carbons (Fsp3) is 0.909. The van der Waals surface area contributed by atoms with Crippen LogP contribution in [0.15, 0.2) is 0 Å². The Labute approximate surface area is 92.2 Å². The van der Waals surface area contributed by atoms with Crippen molar-refractivity contribution in [3.05, 3.63) is 0 Å². The monoisotopic (exact) mass is 217 g/mol. The van der Waals surface area contributed by atoms with Crippen molar-refractivity contribution < 1.29 is 14.6 Å². The van der Waals surface area contributed by atoms with E-state index in [1.165, 1.54) is 0 Å². The molecule has 0 saturated carbocycles. The lowest BCUT2D eigenvalue weighted by molar-refractivity contribution is -0.131. The minimum atomic E-state index is -0.0626. The smallest absolute Gasteiger partial charge is 0.293 e. The number of ether oxygens (including phenoxy) is 1. The van der Waals surface area contributed by atoms with Gasteiger partial charge in [0.25, 0.3) is 6.47 Å². The summed E-state index contributed by atoms with van der Waals surface area (Å²) >= 11 is 0. The molecule has 1 heterocycles. The first-order valence-corrected chi connectivity index (χ1v) is 5.48. The van der Waals surface area contributed by atoms with Crippen molar-refractivity contribution in [3.8, 4) is 0 Å². The molecule has 0 radical (unpaired) electrons. The highest BCUT2D eigenvalue weighted by atomic mass is 16.5. The predicted octanol–water partition coefficient (Wildman–Crippen LogP) is 1.03. The molecule has 1 atom stereocenters. The Kier molecular flexibility index (Phi) is 7.34. The maximum Gasteiger partial charge on any atom is 0.293 e. The molecule has 1 aliphatic rings. The zero-order chi connectivity index (χ0) is 11.8. The number of β-amino-alcohol motifs (C(OH)–C–C–N with tert-alkyl or cyclic N) is 1. The normalized spacial score (nSPS) is 21.4. The van der Waals surface area contributed by atoms with Crippen LogP contribution in [0.25, 0.3) is 0 Å². The maximum absolute atomic E-state index is 9.39. The largest absolute Gasteiger partial charge is 0.465 e. The van der Waals surface area contributed by atoms with Crippen molar-refractivity contribution in [3.63, 3.8) is 0 Å². The topological polar surface area (TPSA) is 49.8 Å². The van der Waals surface area contributed by atoms with E-state index in [0.29, 0.717) is 12.5 Å². The number of rotatable bonds is 3. The summed E-state index contributed by atoms with van der Waals surface area (Å²) in [5.41, 5.74) is 0. The number of carbonyl (C=O) groups is 1. The second-order valence-electron chi connectivity index (χ2n) is 4.31. The number of carbonyl (C=O) groups excluding carboxylic acids is 1. The molecule has 1 rings (SSSR count). The van der Waals surface area contributed by atoms with Crippen LogP contribution >= 0.6 is 0 Å². The number of aliphatic hydroxyl groups is 1. The van der Waals surface area contributed by atoms with E-state index in [4.69, 9.17) is 5.11 Å². The van der Waals surface area contributed by atoms with Crippen molar-refractivity contribution in [1.29, 1.82) is 0 Å².